The van der Waals surface area contributed by atoms with Gasteiger partial charge < -0.3 is 4.74 Å². The second kappa shape index (κ2) is 6.45. The van der Waals surface area contributed by atoms with E-state index in [1.165, 1.54) is 0 Å². The van der Waals surface area contributed by atoms with Crippen LogP contribution in [-0.4, -0.2) is 34.3 Å². The average Bonchev–Trinajstić information content (AvgIpc) is 2.54. The Morgan fingerprint density at radius 2 is 1.88 bits per heavy atom. The highest BCUT2D eigenvalue weighted by atomic mass is 16.5. The zero-order valence-electron chi connectivity index (χ0n) is 13.2. The Labute approximate surface area is 137 Å². The number of ether oxygens (including phenoxy) is 1. The third-order valence-electron chi connectivity index (χ3n) is 3.31. The summed E-state index contributed by atoms with van der Waals surface area (Å²) in [5.41, 5.74) is 1.37. The first-order valence-electron chi connectivity index (χ1n) is 7.35. The van der Waals surface area contributed by atoms with Crippen molar-refractivity contribution in [2.24, 2.45) is 4.99 Å². The lowest BCUT2D eigenvalue weighted by atomic mass is 10.2. The summed E-state index contributed by atoms with van der Waals surface area (Å²) in [5, 5.41) is 5.86. The summed E-state index contributed by atoms with van der Waals surface area (Å²) in [6.07, 6.45) is 1.12. The van der Waals surface area contributed by atoms with Gasteiger partial charge in [-0.3, -0.25) is 20.2 Å². The molecule has 2 amide bonds. The lowest BCUT2D eigenvalue weighted by molar-refractivity contribution is -0.123. The number of fused-ring (bicyclic) bond motifs is 1. The highest BCUT2D eigenvalue weighted by Crippen LogP contribution is 2.18. The fourth-order valence-corrected chi connectivity index (χ4v) is 2.18. The van der Waals surface area contributed by atoms with Crippen molar-refractivity contribution in [3.05, 3.63) is 41.8 Å². The standard InChI is InChI=1S/C16H15N5O3/c1-3-24-8-11-13(22)19-16(20-14(11)23)21-15-17-9(2)10-6-4-5-7-12(10)18-15/h4-8H,3H2,1-2H3,(H2,17,18,19,20,21,22,23). The molecule has 1 aromatic heterocycles. The fraction of sp³-hybridized carbons (Fsp3) is 0.188. The Bertz CT molecular complexity index is 866. The molecule has 0 aliphatic carbocycles. The van der Waals surface area contributed by atoms with Gasteiger partial charge in [0.15, 0.2) is 0 Å². The van der Waals surface area contributed by atoms with Gasteiger partial charge in [-0.2, -0.15) is 4.99 Å². The molecular weight excluding hydrogens is 310 g/mol. The maximum atomic E-state index is 11.9. The monoisotopic (exact) mass is 325 g/mol. The van der Waals surface area contributed by atoms with Gasteiger partial charge in [0.05, 0.1) is 17.8 Å². The number of rotatable bonds is 3. The first kappa shape index (κ1) is 15.6. The molecule has 1 aliphatic rings. The topological polar surface area (TPSA) is 106 Å². The van der Waals surface area contributed by atoms with E-state index in [0.717, 1.165) is 22.9 Å². The zero-order chi connectivity index (χ0) is 17.1. The summed E-state index contributed by atoms with van der Waals surface area (Å²) >= 11 is 0. The molecule has 0 unspecified atom stereocenters. The van der Waals surface area contributed by atoms with Crippen molar-refractivity contribution in [1.29, 1.82) is 0 Å². The molecule has 1 saturated heterocycles. The van der Waals surface area contributed by atoms with Gasteiger partial charge in [-0.05, 0) is 19.9 Å². The van der Waals surface area contributed by atoms with Crippen LogP contribution >= 0.6 is 0 Å². The van der Waals surface area contributed by atoms with Gasteiger partial charge in [0.2, 0.25) is 5.96 Å². The van der Waals surface area contributed by atoms with Gasteiger partial charge in [0, 0.05) is 5.39 Å². The minimum absolute atomic E-state index is 0.0201. The lowest BCUT2D eigenvalue weighted by Gasteiger charge is -2.17. The largest absolute Gasteiger partial charge is 0.500 e. The van der Waals surface area contributed by atoms with Crippen LogP contribution < -0.4 is 10.6 Å². The first-order chi connectivity index (χ1) is 11.6. The number of benzene rings is 1. The molecule has 0 saturated carbocycles. The van der Waals surface area contributed by atoms with E-state index >= 15 is 0 Å². The van der Waals surface area contributed by atoms with Crippen LogP contribution in [0.2, 0.25) is 0 Å². The number of nitrogens with zero attached hydrogens (tertiary/aromatic N) is 3. The predicted octanol–water partition coefficient (Wildman–Crippen LogP) is 1.09. The van der Waals surface area contributed by atoms with Crippen molar-refractivity contribution >= 4 is 34.6 Å². The number of aliphatic imine (C=N–C) groups is 1. The van der Waals surface area contributed by atoms with E-state index in [4.69, 9.17) is 4.74 Å². The van der Waals surface area contributed by atoms with Crippen LogP contribution in [0.25, 0.3) is 10.9 Å². The summed E-state index contributed by atoms with van der Waals surface area (Å²) < 4.78 is 4.98. The molecule has 0 spiro atoms. The highest BCUT2D eigenvalue weighted by molar-refractivity contribution is 6.29. The number of guanidine groups is 1. The molecule has 122 valence electrons. The second-order valence-electron chi connectivity index (χ2n) is 4.98. The number of carbonyl (C=O) groups excluding carboxylic acids is 2. The number of aryl methyl sites for hydroxylation is 1. The third-order valence-corrected chi connectivity index (χ3v) is 3.31. The minimum Gasteiger partial charge on any atom is -0.500 e. The molecule has 1 aliphatic heterocycles. The maximum Gasteiger partial charge on any atom is 0.266 e. The number of hydrogen-bond donors (Lipinski definition) is 2. The van der Waals surface area contributed by atoms with E-state index in [9.17, 15) is 9.59 Å². The summed E-state index contributed by atoms with van der Waals surface area (Å²) in [6.45, 7) is 3.95. The number of carbonyl (C=O) groups is 2. The van der Waals surface area contributed by atoms with Gasteiger partial charge in [-0.1, -0.05) is 18.2 Å². The van der Waals surface area contributed by atoms with Gasteiger partial charge >= 0.3 is 0 Å². The van der Waals surface area contributed by atoms with E-state index < -0.39 is 11.8 Å². The number of amides is 2. The van der Waals surface area contributed by atoms with Crippen LogP contribution in [0, 0.1) is 6.92 Å². The van der Waals surface area contributed by atoms with Crippen molar-refractivity contribution in [2.45, 2.75) is 13.8 Å². The summed E-state index contributed by atoms with van der Waals surface area (Å²) in [5.74, 6) is -1.06. The third kappa shape index (κ3) is 3.07. The van der Waals surface area contributed by atoms with Crippen LogP contribution in [0.15, 0.2) is 41.1 Å². The fourth-order valence-electron chi connectivity index (χ4n) is 2.18. The molecule has 2 N–H and O–H groups in total. The van der Waals surface area contributed by atoms with Crippen molar-refractivity contribution in [2.75, 3.05) is 6.61 Å². The lowest BCUT2D eigenvalue weighted by Crippen LogP contribution is -2.52. The van der Waals surface area contributed by atoms with E-state index in [0.29, 0.717) is 6.61 Å². The molecule has 24 heavy (non-hydrogen) atoms. The SMILES string of the molecule is CCOC=C1C(=O)NC(=Nc2nc(C)c3ccccc3n2)NC1=O. The average molecular weight is 325 g/mol. The molecule has 0 bridgehead atoms. The van der Waals surface area contributed by atoms with E-state index in [1.807, 2.05) is 31.2 Å². The van der Waals surface area contributed by atoms with Crippen LogP contribution in [0.4, 0.5) is 5.95 Å². The molecular formula is C16H15N5O3. The highest BCUT2D eigenvalue weighted by Gasteiger charge is 2.27. The summed E-state index contributed by atoms with van der Waals surface area (Å²) in [6, 6.07) is 7.52. The van der Waals surface area contributed by atoms with Crippen molar-refractivity contribution in [3.63, 3.8) is 0 Å². The smallest absolute Gasteiger partial charge is 0.266 e. The number of nitrogens with one attached hydrogen (secondary N) is 2. The van der Waals surface area contributed by atoms with Gasteiger partial charge in [-0.25, -0.2) is 9.97 Å². The van der Waals surface area contributed by atoms with E-state index in [1.54, 1.807) is 6.92 Å². The Balaban J connectivity index is 1.90. The Morgan fingerprint density at radius 1 is 1.17 bits per heavy atom. The summed E-state index contributed by atoms with van der Waals surface area (Å²) in [4.78, 5) is 36.6. The molecule has 1 aromatic carbocycles. The molecule has 0 atom stereocenters. The Hall–Kier alpha value is -3.29. The van der Waals surface area contributed by atoms with E-state index in [2.05, 4.69) is 25.6 Å². The molecule has 8 heteroatoms. The van der Waals surface area contributed by atoms with Gasteiger partial charge in [-0.15, -0.1) is 0 Å². The summed E-state index contributed by atoms with van der Waals surface area (Å²) in [7, 11) is 0. The van der Waals surface area contributed by atoms with Crippen molar-refractivity contribution < 1.29 is 14.3 Å². The van der Waals surface area contributed by atoms with Crippen LogP contribution in [0.3, 0.4) is 0 Å². The molecule has 2 aromatic rings. The normalized spacial score (nSPS) is 14.2. The molecule has 8 nitrogen and oxygen atoms in total. The molecule has 2 heterocycles. The number of aromatic nitrogens is 2. The Kier molecular flexibility index (Phi) is 4.19. The molecule has 3 rings (SSSR count). The first-order valence-corrected chi connectivity index (χ1v) is 7.35. The molecule has 1 fully saturated rings. The van der Waals surface area contributed by atoms with Gasteiger partial charge in [0.25, 0.3) is 17.8 Å². The number of para-hydroxylation sites is 1. The second-order valence-corrected chi connectivity index (χ2v) is 4.98. The van der Waals surface area contributed by atoms with Crippen LogP contribution in [-0.2, 0) is 14.3 Å². The number of hydrogen-bond acceptors (Lipinski definition) is 6. The van der Waals surface area contributed by atoms with E-state index in [-0.39, 0.29) is 17.5 Å². The zero-order valence-corrected chi connectivity index (χ0v) is 13.2. The van der Waals surface area contributed by atoms with Crippen molar-refractivity contribution in [1.82, 2.24) is 20.6 Å². The minimum atomic E-state index is -0.594. The van der Waals surface area contributed by atoms with Crippen LogP contribution in [0.1, 0.15) is 12.6 Å². The quantitative estimate of drug-likeness (QED) is 0.499. The predicted molar refractivity (Wildman–Crippen MR) is 87.4 cm³/mol. The van der Waals surface area contributed by atoms with Crippen molar-refractivity contribution in [3.8, 4) is 0 Å². The van der Waals surface area contributed by atoms with Crippen LogP contribution in [0.5, 0.6) is 0 Å². The maximum absolute atomic E-state index is 11.9. The molecule has 0 radical (unpaired) electrons. The Morgan fingerprint density at radius 3 is 2.58 bits per heavy atom. The van der Waals surface area contributed by atoms with Gasteiger partial charge in [0.1, 0.15) is 11.8 Å².